The Morgan fingerprint density at radius 2 is 1.77 bits per heavy atom. The maximum atomic E-state index is 13.3. The molecule has 0 aliphatic carbocycles. The molecule has 35 heavy (non-hydrogen) atoms. The quantitative estimate of drug-likeness (QED) is 0.266. The molecule has 190 valence electrons. The molecule has 0 bridgehead atoms. The van der Waals surface area contributed by atoms with Crippen LogP contribution in [0.1, 0.15) is 76.0 Å². The number of hydrogen-bond acceptors (Lipinski definition) is 7. The number of thiocarbonyl (C=S) groups is 1. The molecule has 2 aliphatic rings. The van der Waals surface area contributed by atoms with E-state index >= 15 is 0 Å². The molecule has 3 heterocycles. The molecule has 2 fully saturated rings. The lowest BCUT2D eigenvalue weighted by Gasteiger charge is -2.38. The largest absolute Gasteiger partial charge is 0.372 e. The van der Waals surface area contributed by atoms with Gasteiger partial charge in [-0.1, -0.05) is 63.0 Å². The number of nitriles is 1. The first-order chi connectivity index (χ1) is 16.7. The number of unbranched alkanes of at least 4 members (excludes halogenated alkanes) is 5. The Bertz CT molecular complexity index is 1100. The molecule has 3 rings (SSSR count). The van der Waals surface area contributed by atoms with Crippen LogP contribution in [-0.2, 0) is 16.6 Å². The van der Waals surface area contributed by atoms with Crippen LogP contribution >= 0.6 is 24.0 Å². The summed E-state index contributed by atoms with van der Waals surface area (Å²) >= 11 is 6.83. The molecular weight excluding hydrogens is 480 g/mol. The molecule has 0 saturated carbocycles. The molecule has 0 radical (unpaired) electrons. The van der Waals surface area contributed by atoms with Gasteiger partial charge in [0.1, 0.15) is 21.8 Å². The molecule has 1 amide bonds. The van der Waals surface area contributed by atoms with Gasteiger partial charge >= 0.3 is 0 Å². The molecule has 0 N–H and O–H groups in total. The third-order valence-corrected chi connectivity index (χ3v) is 7.95. The number of nitrogens with zero attached hydrogens (tertiary/aromatic N) is 4. The summed E-state index contributed by atoms with van der Waals surface area (Å²) in [6, 6.07) is 2.06. The molecule has 7 nitrogen and oxygen atoms in total. The Kier molecular flexibility index (Phi) is 9.56. The van der Waals surface area contributed by atoms with Gasteiger partial charge < -0.3 is 9.64 Å². The second-order valence-electron chi connectivity index (χ2n) is 9.48. The van der Waals surface area contributed by atoms with Gasteiger partial charge in [0, 0.05) is 32.2 Å². The van der Waals surface area contributed by atoms with Gasteiger partial charge in [0.2, 0.25) is 0 Å². The van der Waals surface area contributed by atoms with Crippen molar-refractivity contribution in [1.29, 1.82) is 5.26 Å². The Labute approximate surface area is 218 Å². The number of hydrogen-bond donors (Lipinski definition) is 0. The fraction of sp³-hybridized carbons (Fsp3) is 0.615. The van der Waals surface area contributed by atoms with E-state index in [0.717, 1.165) is 12.8 Å². The zero-order chi connectivity index (χ0) is 25.7. The summed E-state index contributed by atoms with van der Waals surface area (Å²) in [6.07, 6.45) is 8.67. The molecule has 2 unspecified atom stereocenters. The Hall–Kier alpha value is -2.15. The van der Waals surface area contributed by atoms with Crippen molar-refractivity contribution in [1.82, 2.24) is 9.47 Å². The average molecular weight is 517 g/mol. The zero-order valence-corrected chi connectivity index (χ0v) is 23.1. The highest BCUT2D eigenvalue weighted by atomic mass is 32.2. The maximum absolute atomic E-state index is 13.3. The summed E-state index contributed by atoms with van der Waals surface area (Å²) in [5, 5.41) is 9.69. The normalized spacial score (nSPS) is 21.8. The first-order valence-corrected chi connectivity index (χ1v) is 13.7. The Morgan fingerprint density at radius 3 is 2.40 bits per heavy atom. The van der Waals surface area contributed by atoms with Gasteiger partial charge in [0.15, 0.2) is 0 Å². The number of ether oxygens (including phenoxy) is 1. The molecule has 0 spiro atoms. The summed E-state index contributed by atoms with van der Waals surface area (Å²) in [5.41, 5.74) is 1.06. The van der Waals surface area contributed by atoms with Crippen LogP contribution in [0.3, 0.4) is 0 Å². The number of carbonyl (C=O) groups excluding carboxylic acids is 1. The topological polar surface area (TPSA) is 78.6 Å². The number of amides is 1. The molecule has 2 saturated heterocycles. The smallest absolute Gasteiger partial charge is 0.270 e. The van der Waals surface area contributed by atoms with E-state index in [9.17, 15) is 14.9 Å². The summed E-state index contributed by atoms with van der Waals surface area (Å²) in [4.78, 5) is 30.6. The number of rotatable bonds is 9. The van der Waals surface area contributed by atoms with E-state index in [4.69, 9.17) is 17.0 Å². The first-order valence-electron chi connectivity index (χ1n) is 12.5. The van der Waals surface area contributed by atoms with Crippen molar-refractivity contribution in [2.75, 3.05) is 24.5 Å². The third kappa shape index (κ3) is 6.16. The van der Waals surface area contributed by atoms with Crippen molar-refractivity contribution in [2.24, 2.45) is 7.05 Å². The number of thioether (sulfide) groups is 1. The summed E-state index contributed by atoms with van der Waals surface area (Å²) in [6.45, 7) is 9.83. The van der Waals surface area contributed by atoms with Gasteiger partial charge in [-0.2, -0.15) is 5.26 Å². The van der Waals surface area contributed by atoms with Gasteiger partial charge in [0.05, 0.1) is 17.1 Å². The molecular formula is C26H36N4O3S2. The number of carbonyl (C=O) groups is 1. The SMILES string of the molecule is CCCCCCCCN1C(=O)/C(=C\c2c(C)c(C#N)c(=O)n(C)c2N2CC(C)OC(C)C2)SC1=S. The van der Waals surface area contributed by atoms with Crippen molar-refractivity contribution in [3.63, 3.8) is 0 Å². The van der Waals surface area contributed by atoms with Gasteiger partial charge in [-0.3, -0.25) is 19.1 Å². The van der Waals surface area contributed by atoms with E-state index in [0.29, 0.717) is 45.8 Å². The molecule has 9 heteroatoms. The standard InChI is InChI=1S/C26H36N4O3S2/c1-6-7-8-9-10-11-12-30-25(32)22(35-26(30)34)13-20-19(4)21(14-27)24(31)28(5)23(20)29-15-17(2)33-18(3)16-29/h13,17-18H,6-12,15-16H2,1-5H3/b22-13+. The fourth-order valence-corrected chi connectivity index (χ4v) is 6.11. The lowest BCUT2D eigenvalue weighted by atomic mass is 10.0. The summed E-state index contributed by atoms with van der Waals surface area (Å²) in [7, 11) is 1.68. The average Bonchev–Trinajstić information content (AvgIpc) is 3.06. The van der Waals surface area contributed by atoms with Crippen molar-refractivity contribution in [3.05, 3.63) is 31.9 Å². The van der Waals surface area contributed by atoms with Crippen LogP contribution < -0.4 is 10.5 Å². The van der Waals surface area contributed by atoms with Gasteiger partial charge in [-0.05, 0) is 38.8 Å². The predicted octanol–water partition coefficient (Wildman–Crippen LogP) is 4.74. The second-order valence-corrected chi connectivity index (χ2v) is 11.2. The molecule has 2 atom stereocenters. The molecule has 0 aromatic carbocycles. The van der Waals surface area contributed by atoms with E-state index in [1.54, 1.807) is 18.9 Å². The van der Waals surface area contributed by atoms with Crippen molar-refractivity contribution in [3.8, 4) is 6.07 Å². The molecule has 2 aliphatic heterocycles. The summed E-state index contributed by atoms with van der Waals surface area (Å²) < 4.78 is 7.98. The molecule has 1 aromatic rings. The van der Waals surface area contributed by atoms with E-state index < -0.39 is 0 Å². The van der Waals surface area contributed by atoms with E-state index in [1.807, 2.05) is 19.9 Å². The van der Waals surface area contributed by atoms with Crippen molar-refractivity contribution >= 4 is 46.1 Å². The number of anilines is 1. The van der Waals surface area contributed by atoms with Crippen LogP contribution in [0, 0.1) is 18.3 Å². The Morgan fingerprint density at radius 1 is 1.14 bits per heavy atom. The zero-order valence-electron chi connectivity index (χ0n) is 21.4. The van der Waals surface area contributed by atoms with E-state index in [2.05, 4.69) is 17.9 Å². The van der Waals surface area contributed by atoms with Gasteiger partial charge in [0.25, 0.3) is 11.5 Å². The monoisotopic (exact) mass is 516 g/mol. The Balaban J connectivity index is 1.94. The van der Waals surface area contributed by atoms with Gasteiger partial charge in [-0.15, -0.1) is 0 Å². The third-order valence-electron chi connectivity index (χ3n) is 6.57. The lowest BCUT2D eigenvalue weighted by Crippen LogP contribution is -2.47. The predicted molar refractivity (Wildman–Crippen MR) is 147 cm³/mol. The van der Waals surface area contributed by atoms with Crippen LogP contribution in [0.2, 0.25) is 0 Å². The van der Waals surface area contributed by atoms with E-state index in [1.165, 1.54) is 42.0 Å². The van der Waals surface area contributed by atoms with Crippen LogP contribution in [0.4, 0.5) is 5.82 Å². The first kappa shape index (κ1) is 27.4. The highest BCUT2D eigenvalue weighted by Gasteiger charge is 2.33. The van der Waals surface area contributed by atoms with Crippen molar-refractivity contribution < 1.29 is 9.53 Å². The van der Waals surface area contributed by atoms with E-state index in [-0.39, 0.29) is 29.2 Å². The number of pyridine rings is 1. The van der Waals surface area contributed by atoms with Crippen molar-refractivity contribution in [2.45, 2.75) is 78.4 Å². The fourth-order valence-electron chi connectivity index (χ4n) is 4.82. The minimum absolute atomic E-state index is 0.00631. The highest BCUT2D eigenvalue weighted by Crippen LogP contribution is 2.36. The van der Waals surface area contributed by atoms with Crippen LogP contribution in [-0.4, -0.2) is 51.5 Å². The van der Waals surface area contributed by atoms with Crippen LogP contribution in [0.25, 0.3) is 6.08 Å². The number of aromatic nitrogens is 1. The van der Waals surface area contributed by atoms with Crippen LogP contribution in [0.15, 0.2) is 9.70 Å². The highest BCUT2D eigenvalue weighted by molar-refractivity contribution is 8.26. The number of morpholine rings is 1. The van der Waals surface area contributed by atoms with Crippen LogP contribution in [0.5, 0.6) is 0 Å². The maximum Gasteiger partial charge on any atom is 0.270 e. The minimum Gasteiger partial charge on any atom is -0.372 e. The second kappa shape index (κ2) is 12.2. The molecule has 1 aromatic heterocycles. The summed E-state index contributed by atoms with van der Waals surface area (Å²) in [5.74, 6) is 0.602. The lowest BCUT2D eigenvalue weighted by molar-refractivity contribution is -0.122. The van der Waals surface area contributed by atoms with Gasteiger partial charge in [-0.25, -0.2) is 0 Å². The minimum atomic E-state index is -0.334.